The average Bonchev–Trinajstić information content (AvgIpc) is 3.22. The number of benzene rings is 2. The summed E-state index contributed by atoms with van der Waals surface area (Å²) in [4.78, 5) is 15.0. The maximum absolute atomic E-state index is 13.1. The number of amides is 1. The first kappa shape index (κ1) is 25.4. The number of carbonyl (C=O) groups excluding carboxylic acids is 1. The molecule has 1 N–H and O–H groups in total. The van der Waals surface area contributed by atoms with Crippen LogP contribution in [0.1, 0.15) is 50.0 Å². The van der Waals surface area contributed by atoms with Gasteiger partial charge in [-0.2, -0.15) is 4.31 Å². The van der Waals surface area contributed by atoms with Crippen LogP contribution < -0.4 is 9.62 Å². The van der Waals surface area contributed by atoms with Crippen LogP contribution in [0.5, 0.6) is 0 Å². The van der Waals surface area contributed by atoms with E-state index in [-0.39, 0.29) is 21.7 Å². The maximum Gasteiger partial charge on any atom is 0.258 e. The third-order valence-corrected chi connectivity index (χ3v) is 9.57. The number of hydrogen-bond acceptors (Lipinski definition) is 5. The van der Waals surface area contributed by atoms with Gasteiger partial charge in [-0.15, -0.1) is 0 Å². The lowest BCUT2D eigenvalue weighted by Gasteiger charge is -2.20. The van der Waals surface area contributed by atoms with Gasteiger partial charge in [0, 0.05) is 36.9 Å². The molecule has 0 bridgehead atoms. The molecule has 10 heteroatoms. The molecule has 1 unspecified atom stereocenters. The molecule has 1 aliphatic rings. The van der Waals surface area contributed by atoms with Crippen molar-refractivity contribution in [1.82, 2.24) is 9.03 Å². The van der Waals surface area contributed by atoms with Crippen LogP contribution in [0, 0.1) is 0 Å². The van der Waals surface area contributed by atoms with E-state index >= 15 is 0 Å². The molecule has 0 aliphatic carbocycles. The Morgan fingerprint density at radius 3 is 2.18 bits per heavy atom. The highest BCUT2D eigenvalue weighted by Crippen LogP contribution is 2.32. The number of fused-ring (bicyclic) bond motifs is 1. The van der Waals surface area contributed by atoms with Gasteiger partial charge in [-0.25, -0.2) is 21.6 Å². The van der Waals surface area contributed by atoms with Crippen molar-refractivity contribution in [1.29, 1.82) is 0 Å². The number of nitrogens with zero attached hydrogens (tertiary/aromatic N) is 2. The average molecular weight is 494 g/mol. The number of carbonyl (C=O) groups is 1. The highest BCUT2D eigenvalue weighted by atomic mass is 32.2. The van der Waals surface area contributed by atoms with Crippen LogP contribution in [0.3, 0.4) is 0 Å². The summed E-state index contributed by atoms with van der Waals surface area (Å²) < 4.78 is 54.5. The van der Waals surface area contributed by atoms with Gasteiger partial charge in [0.05, 0.1) is 9.79 Å². The molecule has 0 aromatic heterocycles. The standard InChI is InChI=1S/C23H31N3O5S2/c1-5-17(4)24-32(28,29)20-10-8-18(9-11-20)23(27)26-15-14-19-16-21(12-13-22(19)26)33(30,31)25(6-2)7-3/h8-13,16-17,24H,5-7,14-15H2,1-4H3. The Balaban J connectivity index is 1.83. The van der Waals surface area contributed by atoms with Gasteiger partial charge in [0.2, 0.25) is 20.0 Å². The minimum absolute atomic E-state index is 0.104. The molecule has 3 rings (SSSR count). The Hall–Kier alpha value is -2.27. The monoisotopic (exact) mass is 493 g/mol. The number of hydrogen-bond donors (Lipinski definition) is 1. The van der Waals surface area contributed by atoms with E-state index in [1.807, 2.05) is 6.92 Å². The van der Waals surface area contributed by atoms with Crippen LogP contribution in [0.15, 0.2) is 52.3 Å². The van der Waals surface area contributed by atoms with E-state index in [4.69, 9.17) is 0 Å². The molecule has 2 aromatic carbocycles. The second-order valence-corrected chi connectivity index (χ2v) is 11.7. The summed E-state index contributed by atoms with van der Waals surface area (Å²) in [7, 11) is -7.22. The maximum atomic E-state index is 13.1. The Bertz CT molecular complexity index is 1220. The molecule has 33 heavy (non-hydrogen) atoms. The highest BCUT2D eigenvalue weighted by Gasteiger charge is 2.29. The number of sulfonamides is 2. The van der Waals surface area contributed by atoms with Gasteiger partial charge in [-0.05, 0) is 67.8 Å². The fraction of sp³-hybridized carbons (Fsp3) is 0.435. The lowest BCUT2D eigenvalue weighted by Crippen LogP contribution is -2.32. The van der Waals surface area contributed by atoms with E-state index in [9.17, 15) is 21.6 Å². The normalized spacial score (nSPS) is 15.0. The quantitative estimate of drug-likeness (QED) is 0.578. The van der Waals surface area contributed by atoms with Crippen LogP contribution in [-0.4, -0.2) is 52.7 Å². The first-order valence-corrected chi connectivity index (χ1v) is 14.0. The van der Waals surface area contributed by atoms with Crippen LogP contribution in [-0.2, 0) is 26.5 Å². The topological polar surface area (TPSA) is 104 Å². The summed E-state index contributed by atoms with van der Waals surface area (Å²) in [5, 5.41) is 0. The van der Waals surface area contributed by atoms with E-state index in [1.165, 1.54) is 34.6 Å². The molecule has 1 atom stereocenters. The molecule has 1 aliphatic heterocycles. The van der Waals surface area contributed by atoms with E-state index in [0.717, 1.165) is 5.56 Å². The molecule has 0 fully saturated rings. The molecule has 0 spiro atoms. The van der Waals surface area contributed by atoms with Crippen molar-refractivity contribution in [2.75, 3.05) is 24.5 Å². The van der Waals surface area contributed by atoms with Gasteiger partial charge in [-0.3, -0.25) is 4.79 Å². The van der Waals surface area contributed by atoms with Crippen LogP contribution >= 0.6 is 0 Å². The van der Waals surface area contributed by atoms with Crippen molar-refractivity contribution in [3.05, 3.63) is 53.6 Å². The largest absolute Gasteiger partial charge is 0.308 e. The Morgan fingerprint density at radius 2 is 1.61 bits per heavy atom. The molecular weight excluding hydrogens is 462 g/mol. The molecule has 8 nitrogen and oxygen atoms in total. The van der Waals surface area contributed by atoms with Crippen molar-refractivity contribution in [3.63, 3.8) is 0 Å². The number of nitrogens with one attached hydrogen (secondary N) is 1. The summed E-state index contributed by atoms with van der Waals surface area (Å²) >= 11 is 0. The Kier molecular flexibility index (Phi) is 7.62. The predicted octanol–water partition coefficient (Wildman–Crippen LogP) is 3.00. The van der Waals surface area contributed by atoms with Gasteiger partial charge < -0.3 is 4.90 Å². The summed E-state index contributed by atoms with van der Waals surface area (Å²) in [6, 6.07) is 10.5. The minimum atomic E-state index is -3.65. The van der Waals surface area contributed by atoms with Crippen molar-refractivity contribution in [2.24, 2.45) is 0 Å². The lowest BCUT2D eigenvalue weighted by molar-refractivity contribution is 0.0989. The van der Waals surface area contributed by atoms with E-state index in [0.29, 0.717) is 43.7 Å². The minimum Gasteiger partial charge on any atom is -0.308 e. The van der Waals surface area contributed by atoms with Crippen molar-refractivity contribution < 1.29 is 21.6 Å². The molecule has 1 heterocycles. The second kappa shape index (κ2) is 9.92. The van der Waals surface area contributed by atoms with Gasteiger partial charge in [0.1, 0.15) is 0 Å². The molecule has 0 radical (unpaired) electrons. The fourth-order valence-electron chi connectivity index (χ4n) is 3.81. The van der Waals surface area contributed by atoms with E-state index in [1.54, 1.807) is 37.8 Å². The number of rotatable bonds is 9. The summed E-state index contributed by atoms with van der Waals surface area (Å²) in [6.45, 7) is 8.48. The first-order valence-electron chi connectivity index (χ1n) is 11.1. The smallest absolute Gasteiger partial charge is 0.258 e. The summed E-state index contributed by atoms with van der Waals surface area (Å²) in [5.41, 5.74) is 1.84. The van der Waals surface area contributed by atoms with Gasteiger partial charge in [0.25, 0.3) is 5.91 Å². The van der Waals surface area contributed by atoms with Crippen molar-refractivity contribution in [2.45, 2.75) is 56.4 Å². The Morgan fingerprint density at radius 1 is 1.00 bits per heavy atom. The van der Waals surface area contributed by atoms with Crippen molar-refractivity contribution >= 4 is 31.6 Å². The molecule has 0 saturated carbocycles. The first-order chi connectivity index (χ1) is 15.5. The molecule has 0 saturated heterocycles. The number of anilines is 1. The van der Waals surface area contributed by atoms with Crippen LogP contribution in [0.4, 0.5) is 5.69 Å². The summed E-state index contributed by atoms with van der Waals surface area (Å²) in [6.07, 6.45) is 1.22. The third-order valence-electron chi connectivity index (χ3n) is 5.92. The third kappa shape index (κ3) is 5.13. The zero-order valence-electron chi connectivity index (χ0n) is 19.4. The van der Waals surface area contributed by atoms with E-state index < -0.39 is 20.0 Å². The second-order valence-electron chi connectivity index (χ2n) is 8.04. The lowest BCUT2D eigenvalue weighted by atomic mass is 10.1. The summed E-state index contributed by atoms with van der Waals surface area (Å²) in [5.74, 6) is -0.257. The molecule has 1 amide bonds. The van der Waals surface area contributed by atoms with Gasteiger partial charge in [-0.1, -0.05) is 20.8 Å². The fourth-order valence-corrected chi connectivity index (χ4v) is 6.65. The van der Waals surface area contributed by atoms with Crippen LogP contribution in [0.25, 0.3) is 0 Å². The van der Waals surface area contributed by atoms with E-state index in [2.05, 4.69) is 4.72 Å². The zero-order chi connectivity index (χ0) is 24.4. The zero-order valence-corrected chi connectivity index (χ0v) is 21.0. The Labute approximate surface area is 196 Å². The van der Waals surface area contributed by atoms with Gasteiger partial charge in [0.15, 0.2) is 0 Å². The van der Waals surface area contributed by atoms with Gasteiger partial charge >= 0.3 is 0 Å². The molecular formula is C23H31N3O5S2. The van der Waals surface area contributed by atoms with Crippen LogP contribution in [0.2, 0.25) is 0 Å². The SMILES string of the molecule is CCC(C)NS(=O)(=O)c1ccc(C(=O)N2CCc3cc(S(=O)(=O)N(CC)CC)ccc32)cc1. The van der Waals surface area contributed by atoms with Crippen molar-refractivity contribution in [3.8, 4) is 0 Å². The molecule has 180 valence electrons. The highest BCUT2D eigenvalue weighted by molar-refractivity contribution is 7.89. The molecule has 2 aromatic rings. The predicted molar refractivity (Wildman–Crippen MR) is 128 cm³/mol.